The van der Waals surface area contributed by atoms with Crippen LogP contribution in [0, 0.1) is 20.2 Å². The SMILES string of the molecule is O=C(Nc1cccc([N+](=O)[O-])c1)Oc1ccc([N+](=O)[O-])cc1. The summed E-state index contributed by atoms with van der Waals surface area (Å²) in [4.78, 5) is 31.6. The van der Waals surface area contributed by atoms with Crippen molar-refractivity contribution in [2.75, 3.05) is 5.32 Å². The van der Waals surface area contributed by atoms with Crippen LogP contribution in [0.1, 0.15) is 0 Å². The lowest BCUT2D eigenvalue weighted by atomic mass is 10.3. The Morgan fingerprint density at radius 3 is 2.18 bits per heavy atom. The number of nitrogens with zero attached hydrogens (tertiary/aromatic N) is 2. The van der Waals surface area contributed by atoms with Crippen molar-refractivity contribution in [2.45, 2.75) is 0 Å². The molecule has 0 bridgehead atoms. The molecule has 0 atom stereocenters. The van der Waals surface area contributed by atoms with Gasteiger partial charge in [-0.2, -0.15) is 0 Å². The molecule has 112 valence electrons. The molecule has 0 saturated heterocycles. The highest BCUT2D eigenvalue weighted by Gasteiger charge is 2.10. The second-order valence-electron chi connectivity index (χ2n) is 4.07. The summed E-state index contributed by atoms with van der Waals surface area (Å²) in [6.45, 7) is 0. The van der Waals surface area contributed by atoms with E-state index < -0.39 is 15.9 Å². The second kappa shape index (κ2) is 6.31. The first-order chi connectivity index (χ1) is 10.5. The standard InChI is InChI=1S/C13H9N3O6/c17-13(14-9-2-1-3-11(8-9)16(20)21)22-12-6-4-10(5-7-12)15(18)19/h1-8H,(H,14,17). The number of hydrogen-bond donors (Lipinski definition) is 1. The van der Waals surface area contributed by atoms with E-state index in [9.17, 15) is 25.0 Å². The van der Waals surface area contributed by atoms with Crippen LogP contribution in [0.2, 0.25) is 0 Å². The van der Waals surface area contributed by atoms with Gasteiger partial charge in [0.05, 0.1) is 15.5 Å². The van der Waals surface area contributed by atoms with E-state index in [2.05, 4.69) is 5.32 Å². The molecule has 0 aliphatic heterocycles. The molecule has 0 radical (unpaired) electrons. The van der Waals surface area contributed by atoms with Crippen LogP contribution in [0.4, 0.5) is 21.9 Å². The van der Waals surface area contributed by atoms with Crippen LogP contribution in [-0.4, -0.2) is 15.9 Å². The third kappa shape index (κ3) is 3.76. The molecule has 2 aromatic rings. The van der Waals surface area contributed by atoms with Gasteiger partial charge >= 0.3 is 6.09 Å². The number of nitro benzene ring substituents is 2. The Labute approximate surface area is 123 Å². The molecule has 0 aliphatic rings. The molecule has 0 aromatic heterocycles. The van der Waals surface area contributed by atoms with Gasteiger partial charge < -0.3 is 4.74 Å². The first-order valence-electron chi connectivity index (χ1n) is 5.93. The van der Waals surface area contributed by atoms with E-state index in [1.165, 1.54) is 48.5 Å². The van der Waals surface area contributed by atoms with Crippen LogP contribution in [0.15, 0.2) is 48.5 Å². The summed E-state index contributed by atoms with van der Waals surface area (Å²) >= 11 is 0. The third-order valence-corrected chi connectivity index (χ3v) is 2.56. The summed E-state index contributed by atoms with van der Waals surface area (Å²) in [7, 11) is 0. The second-order valence-corrected chi connectivity index (χ2v) is 4.07. The van der Waals surface area contributed by atoms with Gasteiger partial charge in [-0.05, 0) is 18.2 Å². The molecule has 0 fully saturated rings. The van der Waals surface area contributed by atoms with Crippen LogP contribution >= 0.6 is 0 Å². The third-order valence-electron chi connectivity index (χ3n) is 2.56. The number of hydrogen-bond acceptors (Lipinski definition) is 6. The van der Waals surface area contributed by atoms with Gasteiger partial charge in [0, 0.05) is 24.3 Å². The predicted molar refractivity (Wildman–Crippen MR) is 75.8 cm³/mol. The van der Waals surface area contributed by atoms with E-state index in [1.807, 2.05) is 0 Å². The lowest BCUT2D eigenvalue weighted by Crippen LogP contribution is -2.16. The number of ether oxygens (including phenoxy) is 1. The molecule has 22 heavy (non-hydrogen) atoms. The number of non-ortho nitro benzene ring substituents is 2. The van der Waals surface area contributed by atoms with Crippen molar-refractivity contribution in [1.82, 2.24) is 0 Å². The van der Waals surface area contributed by atoms with Crippen LogP contribution in [0.3, 0.4) is 0 Å². The fraction of sp³-hybridized carbons (Fsp3) is 0. The normalized spacial score (nSPS) is 9.82. The van der Waals surface area contributed by atoms with Crippen molar-refractivity contribution in [3.8, 4) is 5.75 Å². The Hall–Kier alpha value is -3.49. The van der Waals surface area contributed by atoms with Gasteiger partial charge in [0.2, 0.25) is 0 Å². The van der Waals surface area contributed by atoms with E-state index >= 15 is 0 Å². The molecule has 0 unspecified atom stereocenters. The molecule has 1 amide bonds. The van der Waals surface area contributed by atoms with Gasteiger partial charge in [-0.3, -0.25) is 25.5 Å². The zero-order chi connectivity index (χ0) is 16.1. The maximum atomic E-state index is 11.6. The topological polar surface area (TPSA) is 125 Å². The van der Waals surface area contributed by atoms with E-state index in [0.29, 0.717) is 0 Å². The lowest BCUT2D eigenvalue weighted by molar-refractivity contribution is -0.385. The summed E-state index contributed by atoms with van der Waals surface area (Å²) in [6, 6.07) is 10.3. The first kappa shape index (κ1) is 14.9. The predicted octanol–water partition coefficient (Wildman–Crippen LogP) is 3.11. The lowest BCUT2D eigenvalue weighted by Gasteiger charge is -2.06. The molecular formula is C13H9N3O6. The highest BCUT2D eigenvalue weighted by atomic mass is 16.6. The van der Waals surface area contributed by atoms with Crippen molar-refractivity contribution in [3.63, 3.8) is 0 Å². The Morgan fingerprint density at radius 2 is 1.59 bits per heavy atom. The minimum atomic E-state index is -0.866. The molecule has 9 nitrogen and oxygen atoms in total. The molecule has 1 N–H and O–H groups in total. The van der Waals surface area contributed by atoms with E-state index in [0.717, 1.165) is 0 Å². The number of anilines is 1. The summed E-state index contributed by atoms with van der Waals surface area (Å²) < 4.78 is 4.91. The van der Waals surface area contributed by atoms with E-state index in [4.69, 9.17) is 4.74 Å². The van der Waals surface area contributed by atoms with Crippen molar-refractivity contribution >= 4 is 23.2 Å². The molecular weight excluding hydrogens is 294 g/mol. The molecule has 2 aromatic carbocycles. The van der Waals surface area contributed by atoms with Crippen molar-refractivity contribution in [3.05, 3.63) is 68.8 Å². The Bertz CT molecular complexity index is 729. The number of benzene rings is 2. The minimum absolute atomic E-state index is 0.105. The summed E-state index contributed by atoms with van der Waals surface area (Å²) in [5.74, 6) is 0.105. The highest BCUT2D eigenvalue weighted by Crippen LogP contribution is 2.19. The van der Waals surface area contributed by atoms with Crippen LogP contribution in [0.25, 0.3) is 0 Å². The van der Waals surface area contributed by atoms with Crippen molar-refractivity contribution < 1.29 is 19.4 Å². The number of carbonyl (C=O) groups is 1. The number of amides is 1. The molecule has 0 heterocycles. The van der Waals surface area contributed by atoms with E-state index in [1.54, 1.807) is 0 Å². The number of nitro groups is 2. The average molecular weight is 303 g/mol. The quantitative estimate of drug-likeness (QED) is 0.683. The summed E-state index contributed by atoms with van der Waals surface area (Å²) in [5, 5.41) is 23.4. The van der Waals surface area contributed by atoms with Gasteiger partial charge in [-0.15, -0.1) is 0 Å². The van der Waals surface area contributed by atoms with Gasteiger partial charge in [0.25, 0.3) is 11.4 Å². The van der Waals surface area contributed by atoms with Crippen LogP contribution in [0.5, 0.6) is 5.75 Å². The van der Waals surface area contributed by atoms with Crippen LogP contribution < -0.4 is 10.1 Å². The number of rotatable bonds is 4. The number of carbonyl (C=O) groups excluding carboxylic acids is 1. The Balaban J connectivity index is 2.02. The maximum absolute atomic E-state index is 11.6. The summed E-state index contributed by atoms with van der Waals surface area (Å²) in [5.41, 5.74) is -0.110. The van der Waals surface area contributed by atoms with Crippen molar-refractivity contribution in [1.29, 1.82) is 0 Å². The Kier molecular flexibility index (Phi) is 4.27. The fourth-order valence-corrected chi connectivity index (χ4v) is 1.58. The van der Waals surface area contributed by atoms with E-state index in [-0.39, 0.29) is 22.8 Å². The minimum Gasteiger partial charge on any atom is -0.410 e. The van der Waals surface area contributed by atoms with Crippen LogP contribution in [-0.2, 0) is 0 Å². The smallest absolute Gasteiger partial charge is 0.410 e. The first-order valence-corrected chi connectivity index (χ1v) is 5.93. The van der Waals surface area contributed by atoms with Gasteiger partial charge in [-0.25, -0.2) is 4.79 Å². The van der Waals surface area contributed by atoms with Gasteiger partial charge in [0.1, 0.15) is 5.75 Å². The molecule has 0 spiro atoms. The zero-order valence-corrected chi connectivity index (χ0v) is 11.0. The number of nitrogens with one attached hydrogen (secondary N) is 1. The van der Waals surface area contributed by atoms with Gasteiger partial charge in [0.15, 0.2) is 0 Å². The largest absolute Gasteiger partial charge is 0.417 e. The highest BCUT2D eigenvalue weighted by molar-refractivity contribution is 5.86. The molecule has 0 aliphatic carbocycles. The Morgan fingerprint density at radius 1 is 0.955 bits per heavy atom. The molecule has 2 rings (SSSR count). The zero-order valence-electron chi connectivity index (χ0n) is 11.0. The molecule has 9 heteroatoms. The van der Waals surface area contributed by atoms with Crippen molar-refractivity contribution in [2.24, 2.45) is 0 Å². The van der Waals surface area contributed by atoms with Gasteiger partial charge in [-0.1, -0.05) is 6.07 Å². The monoisotopic (exact) mass is 303 g/mol. The fourth-order valence-electron chi connectivity index (χ4n) is 1.58. The average Bonchev–Trinajstić information content (AvgIpc) is 2.47. The summed E-state index contributed by atoms with van der Waals surface area (Å²) in [6.07, 6.45) is -0.866. The maximum Gasteiger partial charge on any atom is 0.417 e. The molecule has 0 saturated carbocycles.